The molecule has 2 rings (SSSR count). The van der Waals surface area contributed by atoms with Gasteiger partial charge < -0.3 is 9.47 Å². The van der Waals surface area contributed by atoms with E-state index in [0.717, 1.165) is 5.56 Å². The van der Waals surface area contributed by atoms with Crippen molar-refractivity contribution >= 4 is 11.8 Å². The Balaban J connectivity index is 1.95. The minimum atomic E-state index is -3.01. The fraction of sp³-hybridized carbons (Fsp3) is 0.176. The van der Waals surface area contributed by atoms with Crippen molar-refractivity contribution in [3.05, 3.63) is 59.7 Å². The molecule has 2 aromatic rings. The van der Waals surface area contributed by atoms with Crippen LogP contribution >= 0.6 is 0 Å². The van der Waals surface area contributed by atoms with Crippen LogP contribution in [0.1, 0.15) is 15.9 Å². The number of halogens is 2. The largest absolute Gasteiger partial charge is 0.493 e. The summed E-state index contributed by atoms with van der Waals surface area (Å²) in [7, 11) is 1.26. The van der Waals surface area contributed by atoms with Crippen molar-refractivity contribution in [2.75, 3.05) is 7.11 Å². The van der Waals surface area contributed by atoms with Gasteiger partial charge in [-0.3, -0.25) is 20.4 Å². The molecule has 0 aliphatic carbocycles. The van der Waals surface area contributed by atoms with Gasteiger partial charge in [-0.05, 0) is 23.8 Å². The number of ether oxygens (including phenoxy) is 2. The summed E-state index contributed by atoms with van der Waals surface area (Å²) in [4.78, 5) is 23.8. The number of alkyl halides is 2. The van der Waals surface area contributed by atoms with E-state index in [0.29, 0.717) is 0 Å². The van der Waals surface area contributed by atoms with E-state index < -0.39 is 18.4 Å². The van der Waals surface area contributed by atoms with E-state index in [1.807, 2.05) is 6.07 Å². The number of hydrazine groups is 1. The molecule has 25 heavy (non-hydrogen) atoms. The molecule has 0 heterocycles. The second-order valence-electron chi connectivity index (χ2n) is 4.91. The monoisotopic (exact) mass is 350 g/mol. The predicted octanol–water partition coefficient (Wildman–Crippen LogP) is 2.30. The Morgan fingerprint density at radius 2 is 1.76 bits per heavy atom. The van der Waals surface area contributed by atoms with Gasteiger partial charge in [-0.2, -0.15) is 8.78 Å². The molecule has 6 nitrogen and oxygen atoms in total. The molecule has 0 unspecified atom stereocenters. The molecule has 0 fully saturated rings. The zero-order valence-corrected chi connectivity index (χ0v) is 13.3. The number of carbonyl (C=O) groups excluding carboxylic acids is 2. The molecule has 8 heteroatoms. The quantitative estimate of drug-likeness (QED) is 0.784. The van der Waals surface area contributed by atoms with Crippen molar-refractivity contribution in [3.8, 4) is 11.5 Å². The van der Waals surface area contributed by atoms with E-state index in [4.69, 9.17) is 4.74 Å². The van der Waals surface area contributed by atoms with Crippen LogP contribution in [0.15, 0.2) is 48.5 Å². The highest BCUT2D eigenvalue weighted by Crippen LogP contribution is 2.29. The van der Waals surface area contributed by atoms with Crippen molar-refractivity contribution < 1.29 is 27.8 Å². The lowest BCUT2D eigenvalue weighted by Crippen LogP contribution is -2.42. The van der Waals surface area contributed by atoms with E-state index in [1.165, 1.54) is 25.3 Å². The zero-order valence-electron chi connectivity index (χ0n) is 13.3. The second-order valence-corrected chi connectivity index (χ2v) is 4.91. The molecule has 0 bridgehead atoms. The van der Waals surface area contributed by atoms with Crippen LogP contribution in [-0.4, -0.2) is 25.5 Å². The third kappa shape index (κ3) is 5.45. The third-order valence-corrected chi connectivity index (χ3v) is 3.16. The van der Waals surface area contributed by atoms with E-state index in [-0.39, 0.29) is 23.5 Å². The van der Waals surface area contributed by atoms with Gasteiger partial charge in [0.1, 0.15) is 0 Å². The van der Waals surface area contributed by atoms with Gasteiger partial charge in [-0.15, -0.1) is 0 Å². The molecule has 0 saturated carbocycles. The first-order valence-corrected chi connectivity index (χ1v) is 7.25. The summed E-state index contributed by atoms with van der Waals surface area (Å²) in [5.74, 6) is -1.24. The Morgan fingerprint density at radius 3 is 2.40 bits per heavy atom. The molecule has 0 spiro atoms. The van der Waals surface area contributed by atoms with Gasteiger partial charge in [0.05, 0.1) is 13.5 Å². The average Bonchev–Trinajstić information content (AvgIpc) is 2.60. The zero-order chi connectivity index (χ0) is 18.2. The second kappa shape index (κ2) is 8.62. The van der Waals surface area contributed by atoms with Gasteiger partial charge in [0.15, 0.2) is 11.5 Å². The summed E-state index contributed by atoms with van der Waals surface area (Å²) >= 11 is 0. The third-order valence-electron chi connectivity index (χ3n) is 3.16. The van der Waals surface area contributed by atoms with E-state index in [9.17, 15) is 18.4 Å². The average molecular weight is 350 g/mol. The van der Waals surface area contributed by atoms with Gasteiger partial charge in [-0.25, -0.2) is 0 Å². The van der Waals surface area contributed by atoms with Crippen LogP contribution in [0, 0.1) is 0 Å². The summed E-state index contributed by atoms with van der Waals surface area (Å²) in [5.41, 5.74) is 5.44. The van der Waals surface area contributed by atoms with Crippen LogP contribution in [0.2, 0.25) is 0 Å². The lowest BCUT2D eigenvalue weighted by atomic mass is 10.1. The molecule has 2 N–H and O–H groups in total. The first-order chi connectivity index (χ1) is 12.0. The molecule has 0 atom stereocenters. The Hall–Kier alpha value is -3.16. The fourth-order valence-corrected chi connectivity index (χ4v) is 2.03. The molecule has 0 aliphatic rings. The minimum absolute atomic E-state index is 0.0245. The van der Waals surface area contributed by atoms with E-state index in [1.54, 1.807) is 24.3 Å². The standard InChI is InChI=1S/C17H16F2N2O4/c1-24-14-10-12(7-8-13(14)25-17(18)19)16(23)21-20-15(22)9-11-5-3-2-4-6-11/h2-8,10,17H,9H2,1H3,(H,20,22)(H,21,23). The highest BCUT2D eigenvalue weighted by atomic mass is 19.3. The number of rotatable bonds is 6. The smallest absolute Gasteiger partial charge is 0.387 e. The number of hydrogen-bond acceptors (Lipinski definition) is 4. The number of nitrogens with one attached hydrogen (secondary N) is 2. The molecule has 2 aromatic carbocycles. The van der Waals surface area contributed by atoms with Crippen molar-refractivity contribution in [2.24, 2.45) is 0 Å². The number of benzene rings is 2. The van der Waals surface area contributed by atoms with Gasteiger partial charge in [0.25, 0.3) is 5.91 Å². The lowest BCUT2D eigenvalue weighted by Gasteiger charge is -2.12. The first kappa shape index (κ1) is 18.2. The predicted molar refractivity (Wildman–Crippen MR) is 85.4 cm³/mol. The molecule has 0 radical (unpaired) electrons. The molecular formula is C17H16F2N2O4. The molecule has 132 valence electrons. The van der Waals surface area contributed by atoms with Crippen LogP contribution < -0.4 is 20.3 Å². The van der Waals surface area contributed by atoms with E-state index >= 15 is 0 Å². The van der Waals surface area contributed by atoms with Crippen molar-refractivity contribution in [3.63, 3.8) is 0 Å². The highest BCUT2D eigenvalue weighted by Gasteiger charge is 2.14. The number of methoxy groups -OCH3 is 1. The molecular weight excluding hydrogens is 334 g/mol. The number of carbonyl (C=O) groups is 2. The normalized spacial score (nSPS) is 10.2. The first-order valence-electron chi connectivity index (χ1n) is 7.25. The summed E-state index contributed by atoms with van der Waals surface area (Å²) < 4.78 is 33.8. The summed E-state index contributed by atoms with van der Waals surface area (Å²) in [6.07, 6.45) is 0.103. The lowest BCUT2D eigenvalue weighted by molar-refractivity contribution is -0.121. The van der Waals surface area contributed by atoms with Crippen LogP contribution in [0.3, 0.4) is 0 Å². The van der Waals surface area contributed by atoms with Crippen LogP contribution in [-0.2, 0) is 11.2 Å². The Morgan fingerprint density at radius 1 is 1.04 bits per heavy atom. The molecule has 2 amide bonds. The van der Waals surface area contributed by atoms with Crippen molar-refractivity contribution in [1.29, 1.82) is 0 Å². The molecule has 0 saturated heterocycles. The van der Waals surface area contributed by atoms with Crippen LogP contribution in [0.4, 0.5) is 8.78 Å². The molecule has 0 aliphatic heterocycles. The van der Waals surface area contributed by atoms with Gasteiger partial charge in [0.2, 0.25) is 5.91 Å². The topological polar surface area (TPSA) is 76.7 Å². The van der Waals surface area contributed by atoms with Crippen LogP contribution in [0.25, 0.3) is 0 Å². The fourth-order valence-electron chi connectivity index (χ4n) is 2.03. The van der Waals surface area contributed by atoms with E-state index in [2.05, 4.69) is 15.6 Å². The van der Waals surface area contributed by atoms with Crippen molar-refractivity contribution in [2.45, 2.75) is 13.0 Å². The Bertz CT molecular complexity index is 739. The number of hydrogen-bond donors (Lipinski definition) is 2. The summed E-state index contributed by atoms with van der Waals surface area (Å²) in [6, 6.07) is 12.7. The number of amides is 2. The Kier molecular flexibility index (Phi) is 6.27. The molecule has 0 aromatic heterocycles. The summed E-state index contributed by atoms with van der Waals surface area (Å²) in [6.45, 7) is -3.01. The summed E-state index contributed by atoms with van der Waals surface area (Å²) in [5, 5.41) is 0. The van der Waals surface area contributed by atoms with Crippen molar-refractivity contribution in [1.82, 2.24) is 10.9 Å². The van der Waals surface area contributed by atoms with Gasteiger partial charge >= 0.3 is 6.61 Å². The van der Waals surface area contributed by atoms with Crippen LogP contribution in [0.5, 0.6) is 11.5 Å². The van der Waals surface area contributed by atoms with Gasteiger partial charge in [0, 0.05) is 5.56 Å². The maximum atomic E-state index is 12.3. The maximum absolute atomic E-state index is 12.3. The van der Waals surface area contributed by atoms with Gasteiger partial charge in [-0.1, -0.05) is 30.3 Å². The Labute approximate surface area is 142 Å². The maximum Gasteiger partial charge on any atom is 0.387 e. The SMILES string of the molecule is COc1cc(C(=O)NNC(=O)Cc2ccccc2)ccc1OC(F)F. The highest BCUT2D eigenvalue weighted by molar-refractivity contribution is 5.96. The minimum Gasteiger partial charge on any atom is -0.493 e.